The lowest BCUT2D eigenvalue weighted by Gasteiger charge is -2.53. The molecular formula is C19H28N2O3. The van der Waals surface area contributed by atoms with Gasteiger partial charge in [0.2, 0.25) is 0 Å². The molecule has 0 unspecified atom stereocenters. The number of nitrogens with zero attached hydrogens (tertiary/aromatic N) is 1. The van der Waals surface area contributed by atoms with Gasteiger partial charge in [-0.1, -0.05) is 32.9 Å². The van der Waals surface area contributed by atoms with Gasteiger partial charge in [0.05, 0.1) is 18.6 Å². The Labute approximate surface area is 144 Å². The Kier molecular flexibility index (Phi) is 4.12. The van der Waals surface area contributed by atoms with Gasteiger partial charge in [-0.05, 0) is 37.0 Å². The van der Waals surface area contributed by atoms with Crippen LogP contribution in [0.4, 0.5) is 10.5 Å². The zero-order valence-corrected chi connectivity index (χ0v) is 15.3. The molecule has 1 aromatic rings. The van der Waals surface area contributed by atoms with Crippen molar-refractivity contribution in [1.82, 2.24) is 4.90 Å². The summed E-state index contributed by atoms with van der Waals surface area (Å²) in [5.74, 6) is -0.511. The number of anilines is 1. The summed E-state index contributed by atoms with van der Waals surface area (Å²) in [6.45, 7) is 13.0. The van der Waals surface area contributed by atoms with Crippen molar-refractivity contribution >= 4 is 11.7 Å². The fraction of sp³-hybridized carbons (Fsp3) is 0.632. The first-order valence-electron chi connectivity index (χ1n) is 8.53. The van der Waals surface area contributed by atoms with Crippen molar-refractivity contribution in [2.75, 3.05) is 31.6 Å². The quantitative estimate of drug-likeness (QED) is 0.855. The number of nitrogens with one attached hydrogen (secondary N) is 1. The first-order chi connectivity index (χ1) is 11.1. The van der Waals surface area contributed by atoms with Crippen LogP contribution in [0.15, 0.2) is 24.3 Å². The van der Waals surface area contributed by atoms with Gasteiger partial charge in [-0.2, -0.15) is 0 Å². The molecule has 132 valence electrons. The van der Waals surface area contributed by atoms with E-state index in [-0.39, 0.29) is 16.9 Å². The van der Waals surface area contributed by atoms with Crippen LogP contribution >= 0.6 is 0 Å². The fourth-order valence-electron chi connectivity index (χ4n) is 3.08. The van der Waals surface area contributed by atoms with Crippen molar-refractivity contribution in [3.63, 3.8) is 0 Å². The molecule has 0 aromatic heterocycles. The Morgan fingerprint density at radius 3 is 2.12 bits per heavy atom. The molecule has 2 heterocycles. The maximum absolute atomic E-state index is 12.4. The lowest BCUT2D eigenvalue weighted by atomic mass is 9.80. The Morgan fingerprint density at radius 1 is 1.08 bits per heavy atom. The van der Waals surface area contributed by atoms with Gasteiger partial charge >= 0.3 is 6.03 Å². The maximum Gasteiger partial charge on any atom is 0.321 e. The number of carbonyl (C=O) groups is 1. The third-order valence-corrected chi connectivity index (χ3v) is 4.79. The molecule has 2 aliphatic heterocycles. The van der Waals surface area contributed by atoms with E-state index in [2.05, 4.69) is 38.2 Å². The van der Waals surface area contributed by atoms with E-state index in [1.807, 2.05) is 30.9 Å². The molecule has 0 aliphatic carbocycles. The van der Waals surface area contributed by atoms with E-state index in [0.717, 1.165) is 5.69 Å². The van der Waals surface area contributed by atoms with Gasteiger partial charge in [0.15, 0.2) is 5.79 Å². The summed E-state index contributed by atoms with van der Waals surface area (Å²) in [4.78, 5) is 14.2. The van der Waals surface area contributed by atoms with Crippen molar-refractivity contribution in [3.05, 3.63) is 29.8 Å². The Bertz CT molecular complexity index is 598. The summed E-state index contributed by atoms with van der Waals surface area (Å²) in [5.41, 5.74) is 2.15. The summed E-state index contributed by atoms with van der Waals surface area (Å²) in [6.07, 6.45) is 0. The van der Waals surface area contributed by atoms with Gasteiger partial charge in [0.25, 0.3) is 0 Å². The highest BCUT2D eigenvalue weighted by atomic mass is 16.7. The molecule has 1 N–H and O–H groups in total. The van der Waals surface area contributed by atoms with Gasteiger partial charge in [0.1, 0.15) is 0 Å². The summed E-state index contributed by atoms with van der Waals surface area (Å²) in [6, 6.07) is 8.00. The molecule has 5 nitrogen and oxygen atoms in total. The topological polar surface area (TPSA) is 50.8 Å². The SMILES string of the molecule is CC1(C)OCC2(CO1)CN(C(=O)Nc1ccc(C(C)(C)C)cc1)C2. The van der Waals surface area contributed by atoms with E-state index < -0.39 is 5.79 Å². The Balaban J connectivity index is 1.52. The summed E-state index contributed by atoms with van der Waals surface area (Å²) in [7, 11) is 0. The number of benzene rings is 1. The molecule has 2 saturated heterocycles. The van der Waals surface area contributed by atoms with E-state index in [1.165, 1.54) is 5.56 Å². The summed E-state index contributed by atoms with van der Waals surface area (Å²) >= 11 is 0. The average molecular weight is 332 g/mol. The molecule has 0 radical (unpaired) electrons. The standard InChI is InChI=1S/C19H28N2O3/c1-17(2,3)14-6-8-15(9-7-14)20-16(22)21-10-19(11-21)12-23-18(4,5)24-13-19/h6-9H,10-13H2,1-5H3,(H,20,22). The zero-order chi connectivity index (χ0) is 17.6. The lowest BCUT2D eigenvalue weighted by Crippen LogP contribution is -2.66. The van der Waals surface area contributed by atoms with Gasteiger partial charge in [-0.15, -0.1) is 0 Å². The molecule has 0 bridgehead atoms. The van der Waals surface area contributed by atoms with Crippen LogP contribution in [0.5, 0.6) is 0 Å². The number of likely N-dealkylation sites (tertiary alicyclic amines) is 1. The number of hydrogen-bond donors (Lipinski definition) is 1. The number of ether oxygens (including phenoxy) is 2. The van der Waals surface area contributed by atoms with Crippen LogP contribution in [0.1, 0.15) is 40.2 Å². The number of hydrogen-bond acceptors (Lipinski definition) is 3. The summed E-state index contributed by atoms with van der Waals surface area (Å²) < 4.78 is 11.5. The van der Waals surface area contributed by atoms with Gasteiger partial charge in [-0.25, -0.2) is 4.79 Å². The molecular weight excluding hydrogens is 304 g/mol. The predicted molar refractivity (Wildman–Crippen MR) is 94.1 cm³/mol. The molecule has 0 saturated carbocycles. The van der Waals surface area contributed by atoms with E-state index >= 15 is 0 Å². The number of amides is 2. The first-order valence-corrected chi connectivity index (χ1v) is 8.53. The minimum Gasteiger partial charge on any atom is -0.350 e. The number of rotatable bonds is 1. The van der Waals surface area contributed by atoms with Gasteiger partial charge < -0.3 is 19.7 Å². The van der Waals surface area contributed by atoms with Crippen LogP contribution < -0.4 is 5.32 Å². The number of urea groups is 1. The van der Waals surface area contributed by atoms with Crippen molar-refractivity contribution in [1.29, 1.82) is 0 Å². The minimum atomic E-state index is -0.511. The van der Waals surface area contributed by atoms with Crippen molar-refractivity contribution in [3.8, 4) is 0 Å². The number of carbonyl (C=O) groups excluding carboxylic acids is 1. The molecule has 2 fully saturated rings. The molecule has 0 atom stereocenters. The van der Waals surface area contributed by atoms with Gasteiger partial charge in [0, 0.05) is 18.8 Å². The Morgan fingerprint density at radius 2 is 1.62 bits per heavy atom. The maximum atomic E-state index is 12.4. The van der Waals surface area contributed by atoms with Crippen molar-refractivity contribution in [2.45, 2.75) is 45.8 Å². The van der Waals surface area contributed by atoms with E-state index in [4.69, 9.17) is 9.47 Å². The summed E-state index contributed by atoms with van der Waals surface area (Å²) in [5, 5.41) is 2.97. The highest BCUT2D eigenvalue weighted by molar-refractivity contribution is 5.90. The van der Waals surface area contributed by atoms with Crippen LogP contribution in [0, 0.1) is 5.41 Å². The highest BCUT2D eigenvalue weighted by Crippen LogP contribution is 2.37. The second kappa shape index (κ2) is 5.74. The van der Waals surface area contributed by atoms with Crippen LogP contribution in [0.2, 0.25) is 0 Å². The molecule has 1 spiro atoms. The largest absolute Gasteiger partial charge is 0.350 e. The predicted octanol–water partition coefficient (Wildman–Crippen LogP) is 3.60. The lowest BCUT2D eigenvalue weighted by molar-refractivity contribution is -0.301. The fourth-order valence-corrected chi connectivity index (χ4v) is 3.08. The van der Waals surface area contributed by atoms with E-state index in [1.54, 1.807) is 0 Å². The van der Waals surface area contributed by atoms with Crippen LogP contribution in [0.3, 0.4) is 0 Å². The third kappa shape index (κ3) is 3.57. The van der Waals surface area contributed by atoms with E-state index in [9.17, 15) is 4.79 Å². The molecule has 2 aliphatic rings. The molecule has 24 heavy (non-hydrogen) atoms. The van der Waals surface area contributed by atoms with Crippen molar-refractivity contribution in [2.24, 2.45) is 5.41 Å². The Hall–Kier alpha value is -1.59. The smallest absolute Gasteiger partial charge is 0.321 e. The monoisotopic (exact) mass is 332 g/mol. The second-order valence-electron chi connectivity index (χ2n) is 8.59. The van der Waals surface area contributed by atoms with Crippen molar-refractivity contribution < 1.29 is 14.3 Å². The second-order valence-corrected chi connectivity index (χ2v) is 8.59. The third-order valence-electron chi connectivity index (χ3n) is 4.79. The molecule has 2 amide bonds. The molecule has 1 aromatic carbocycles. The first kappa shape index (κ1) is 17.2. The van der Waals surface area contributed by atoms with Gasteiger partial charge in [-0.3, -0.25) is 0 Å². The van der Waals surface area contributed by atoms with Crippen LogP contribution in [0.25, 0.3) is 0 Å². The normalized spacial score (nSPS) is 22.1. The average Bonchev–Trinajstić information content (AvgIpc) is 2.45. The van der Waals surface area contributed by atoms with Crippen LogP contribution in [-0.4, -0.2) is 43.0 Å². The minimum absolute atomic E-state index is 0.0387. The molecule has 3 rings (SSSR count). The highest BCUT2D eigenvalue weighted by Gasteiger charge is 2.50. The molecule has 5 heteroatoms. The van der Waals surface area contributed by atoms with Crippen LogP contribution in [-0.2, 0) is 14.9 Å². The van der Waals surface area contributed by atoms with E-state index in [0.29, 0.717) is 26.3 Å². The zero-order valence-electron chi connectivity index (χ0n) is 15.3.